The summed E-state index contributed by atoms with van der Waals surface area (Å²) in [7, 11) is 1.67. The molecule has 7 nitrogen and oxygen atoms in total. The quantitative estimate of drug-likeness (QED) is 0.244. The van der Waals surface area contributed by atoms with E-state index in [4.69, 9.17) is 16.3 Å². The van der Waals surface area contributed by atoms with Gasteiger partial charge in [-0.25, -0.2) is 4.79 Å². The summed E-state index contributed by atoms with van der Waals surface area (Å²) < 4.78 is 5.41. The number of guanidine groups is 1. The molecule has 22 heavy (non-hydrogen) atoms. The van der Waals surface area contributed by atoms with Crippen molar-refractivity contribution in [1.82, 2.24) is 9.80 Å². The van der Waals surface area contributed by atoms with Crippen molar-refractivity contribution in [2.24, 2.45) is 15.2 Å². The van der Waals surface area contributed by atoms with Crippen LogP contribution in [-0.2, 0) is 4.74 Å². The summed E-state index contributed by atoms with van der Waals surface area (Å²) in [5.74, 6) is 0.531. The third-order valence-electron chi connectivity index (χ3n) is 3.04. The van der Waals surface area contributed by atoms with Crippen molar-refractivity contribution in [3.8, 4) is 0 Å². The van der Waals surface area contributed by atoms with E-state index in [0.29, 0.717) is 25.6 Å². The first-order valence-corrected chi connectivity index (χ1v) is 7.84. The van der Waals surface area contributed by atoms with Crippen molar-refractivity contribution in [2.45, 2.75) is 51.8 Å². The Morgan fingerprint density at radius 1 is 1.36 bits per heavy atom. The maximum Gasteiger partial charge on any atom is 0.410 e. The van der Waals surface area contributed by atoms with E-state index in [9.17, 15) is 4.79 Å². The van der Waals surface area contributed by atoms with Crippen LogP contribution in [0.3, 0.4) is 0 Å². The lowest BCUT2D eigenvalue weighted by Gasteiger charge is -2.40. The molecule has 1 fully saturated rings. The van der Waals surface area contributed by atoms with Crippen LogP contribution in [0.4, 0.5) is 4.79 Å². The molecule has 1 unspecified atom stereocenters. The Morgan fingerprint density at radius 3 is 2.45 bits per heavy atom. The van der Waals surface area contributed by atoms with E-state index in [0.717, 1.165) is 0 Å². The first-order valence-electron chi connectivity index (χ1n) is 7.40. The number of carbonyl (C=O) groups excluding carboxylic acids is 1. The third kappa shape index (κ3) is 5.79. The van der Waals surface area contributed by atoms with E-state index in [1.807, 2.05) is 32.6 Å². The molecule has 1 aliphatic rings. The minimum atomic E-state index is -0.488. The second kappa shape index (κ2) is 7.76. The summed E-state index contributed by atoms with van der Waals surface area (Å²) in [5, 5.41) is 8.00. The fourth-order valence-corrected chi connectivity index (χ4v) is 2.15. The molecule has 1 aliphatic heterocycles. The van der Waals surface area contributed by atoms with Crippen LogP contribution in [0.15, 0.2) is 15.2 Å². The van der Waals surface area contributed by atoms with Gasteiger partial charge >= 0.3 is 6.09 Å². The molecule has 0 aromatic rings. The zero-order valence-electron chi connectivity index (χ0n) is 14.2. The first kappa shape index (κ1) is 18.7. The summed E-state index contributed by atoms with van der Waals surface area (Å²) in [6, 6.07) is 0.0737. The van der Waals surface area contributed by atoms with Crippen LogP contribution in [0, 0.1) is 0 Å². The molecular weight excluding hydrogens is 306 g/mol. The molecule has 0 bridgehead atoms. The van der Waals surface area contributed by atoms with E-state index in [-0.39, 0.29) is 12.1 Å². The minimum absolute atomic E-state index is 0.0737. The normalized spacial score (nSPS) is 22.1. The van der Waals surface area contributed by atoms with Gasteiger partial charge in [-0.3, -0.25) is 4.99 Å². The molecule has 1 saturated heterocycles. The van der Waals surface area contributed by atoms with Crippen LogP contribution in [0.1, 0.15) is 34.6 Å². The van der Waals surface area contributed by atoms with Crippen LogP contribution in [0.25, 0.3) is 0 Å². The van der Waals surface area contributed by atoms with Crippen LogP contribution < -0.4 is 0 Å². The van der Waals surface area contributed by atoms with Crippen molar-refractivity contribution >= 4 is 23.7 Å². The Hall–Kier alpha value is -1.37. The van der Waals surface area contributed by atoms with Crippen LogP contribution in [0.2, 0.25) is 0 Å². The average Bonchev–Trinajstić information content (AvgIpc) is 2.38. The molecule has 0 saturated carbocycles. The lowest BCUT2D eigenvalue weighted by molar-refractivity contribution is 0.0132. The number of aliphatic imine (C=N–C) groups is 1. The number of azo groups is 1. The number of alkyl halides is 1. The molecular formula is C14H26ClN5O2. The van der Waals surface area contributed by atoms with Gasteiger partial charge in [-0.05, 0) is 34.6 Å². The summed E-state index contributed by atoms with van der Waals surface area (Å²) >= 11 is 5.78. The summed E-state index contributed by atoms with van der Waals surface area (Å²) in [4.78, 5) is 20.0. The summed E-state index contributed by atoms with van der Waals surface area (Å²) in [5.41, 5.74) is -0.881. The van der Waals surface area contributed by atoms with Gasteiger partial charge in [-0.1, -0.05) is 11.6 Å². The SMILES string of the molecule is C/N=C(\N=N/C(C)Cl)N1CCN(C(=O)OC(C)(C)C)C[C@H]1C. The molecule has 0 N–H and O–H groups in total. The predicted octanol–water partition coefficient (Wildman–Crippen LogP) is 2.95. The maximum atomic E-state index is 12.1. The third-order valence-corrected chi connectivity index (χ3v) is 3.13. The van der Waals surface area contributed by atoms with E-state index in [1.165, 1.54) is 0 Å². The number of nitrogens with zero attached hydrogens (tertiary/aromatic N) is 5. The highest BCUT2D eigenvalue weighted by molar-refractivity contribution is 6.20. The van der Waals surface area contributed by atoms with Gasteiger partial charge in [-0.15, -0.1) is 5.11 Å². The topological polar surface area (TPSA) is 69.9 Å². The highest BCUT2D eigenvalue weighted by Crippen LogP contribution is 2.16. The fraction of sp³-hybridized carbons (Fsp3) is 0.857. The average molecular weight is 332 g/mol. The number of halogens is 1. The van der Waals surface area contributed by atoms with E-state index < -0.39 is 11.1 Å². The highest BCUT2D eigenvalue weighted by Gasteiger charge is 2.31. The van der Waals surface area contributed by atoms with E-state index in [1.54, 1.807) is 18.9 Å². The second-order valence-corrected chi connectivity index (χ2v) is 6.91. The van der Waals surface area contributed by atoms with Crippen LogP contribution in [0.5, 0.6) is 0 Å². The molecule has 0 aromatic carbocycles. The molecule has 0 aliphatic carbocycles. The number of carbonyl (C=O) groups is 1. The van der Waals surface area contributed by atoms with Gasteiger partial charge in [0, 0.05) is 32.7 Å². The summed E-state index contributed by atoms with van der Waals surface area (Å²) in [6.07, 6.45) is -0.287. The number of ether oxygens (including phenoxy) is 1. The second-order valence-electron chi connectivity index (χ2n) is 6.28. The smallest absolute Gasteiger partial charge is 0.410 e. The number of hydrogen-bond acceptors (Lipinski definition) is 4. The van der Waals surface area contributed by atoms with Crippen LogP contribution >= 0.6 is 11.6 Å². The van der Waals surface area contributed by atoms with Gasteiger partial charge in [0.25, 0.3) is 0 Å². The van der Waals surface area contributed by atoms with Crippen molar-refractivity contribution in [3.63, 3.8) is 0 Å². The molecule has 0 aromatic heterocycles. The largest absolute Gasteiger partial charge is 0.444 e. The molecule has 8 heteroatoms. The predicted molar refractivity (Wildman–Crippen MR) is 87.5 cm³/mol. The Morgan fingerprint density at radius 2 is 2.00 bits per heavy atom. The van der Waals surface area contributed by atoms with E-state index in [2.05, 4.69) is 15.2 Å². The molecule has 1 rings (SSSR count). The maximum absolute atomic E-state index is 12.1. The summed E-state index contributed by atoms with van der Waals surface area (Å²) in [6.45, 7) is 11.1. The lowest BCUT2D eigenvalue weighted by atomic mass is 10.2. The number of rotatable bonds is 1. The van der Waals surface area contributed by atoms with Gasteiger partial charge in [-0.2, -0.15) is 5.11 Å². The number of hydrogen-bond donors (Lipinski definition) is 0. The van der Waals surface area contributed by atoms with E-state index >= 15 is 0 Å². The van der Waals surface area contributed by atoms with Crippen molar-refractivity contribution in [3.05, 3.63) is 0 Å². The van der Waals surface area contributed by atoms with Gasteiger partial charge in [0.05, 0.1) is 0 Å². The van der Waals surface area contributed by atoms with Gasteiger partial charge in [0.15, 0.2) is 0 Å². The monoisotopic (exact) mass is 331 g/mol. The molecule has 1 amide bonds. The fourth-order valence-electron chi connectivity index (χ4n) is 2.11. The molecule has 126 valence electrons. The zero-order valence-corrected chi connectivity index (χ0v) is 15.0. The minimum Gasteiger partial charge on any atom is -0.444 e. The van der Waals surface area contributed by atoms with Crippen molar-refractivity contribution in [2.75, 3.05) is 26.7 Å². The number of amides is 1. The Kier molecular flexibility index (Phi) is 6.59. The first-order chi connectivity index (χ1) is 10.1. The Bertz CT molecular complexity index is 445. The highest BCUT2D eigenvalue weighted by atomic mass is 35.5. The van der Waals surface area contributed by atoms with Crippen LogP contribution in [-0.4, -0.2) is 65.7 Å². The molecule has 2 atom stereocenters. The standard InChI is InChI=1S/C14H26ClN5O2/c1-10-9-19(13(21)22-14(3,4)5)7-8-20(10)12(16-6)18-17-11(2)15/h10-11H,7-9H2,1-6H3/b16-12+,18-17-/t10-,11?/m1/s1. The Balaban J connectivity index is 2.68. The van der Waals surface area contributed by atoms with Gasteiger partial charge < -0.3 is 14.5 Å². The van der Waals surface area contributed by atoms with Gasteiger partial charge in [0.2, 0.25) is 5.96 Å². The molecule has 1 heterocycles. The lowest BCUT2D eigenvalue weighted by Crippen LogP contribution is -2.55. The molecule has 0 spiro atoms. The zero-order chi connectivity index (χ0) is 16.9. The number of piperazine rings is 1. The van der Waals surface area contributed by atoms with Gasteiger partial charge in [0.1, 0.15) is 11.1 Å². The van der Waals surface area contributed by atoms with Crippen molar-refractivity contribution < 1.29 is 9.53 Å². The molecule has 0 radical (unpaired) electrons. The van der Waals surface area contributed by atoms with Crippen molar-refractivity contribution in [1.29, 1.82) is 0 Å². The Labute approximate surface area is 137 Å².